The van der Waals surface area contributed by atoms with Crippen LogP contribution >= 0.6 is 11.6 Å². The SMILES string of the molecule is Cc1c(Cl)ccc(-c2ncccn2)c1C. The van der Waals surface area contributed by atoms with Gasteiger partial charge in [-0.2, -0.15) is 0 Å². The average Bonchev–Trinajstić information content (AvgIpc) is 2.27. The zero-order valence-corrected chi connectivity index (χ0v) is 9.42. The predicted octanol–water partition coefficient (Wildman–Crippen LogP) is 3.41. The van der Waals surface area contributed by atoms with E-state index >= 15 is 0 Å². The van der Waals surface area contributed by atoms with Crippen LogP contribution in [0.5, 0.6) is 0 Å². The summed E-state index contributed by atoms with van der Waals surface area (Å²) in [6.07, 6.45) is 3.48. The van der Waals surface area contributed by atoms with Gasteiger partial charge in [0.15, 0.2) is 5.82 Å². The summed E-state index contributed by atoms with van der Waals surface area (Å²) >= 11 is 6.03. The third-order valence-corrected chi connectivity index (χ3v) is 2.94. The number of benzene rings is 1. The lowest BCUT2D eigenvalue weighted by Crippen LogP contribution is -1.92. The first kappa shape index (κ1) is 10.1. The summed E-state index contributed by atoms with van der Waals surface area (Å²) in [4.78, 5) is 8.45. The van der Waals surface area contributed by atoms with Crippen molar-refractivity contribution in [1.29, 1.82) is 0 Å². The normalized spacial score (nSPS) is 10.3. The van der Waals surface area contributed by atoms with E-state index in [1.807, 2.05) is 32.0 Å². The minimum absolute atomic E-state index is 0.745. The minimum Gasteiger partial charge on any atom is -0.237 e. The topological polar surface area (TPSA) is 25.8 Å². The van der Waals surface area contributed by atoms with Gasteiger partial charge in [0.25, 0.3) is 0 Å². The third kappa shape index (κ3) is 1.85. The quantitative estimate of drug-likeness (QED) is 0.733. The van der Waals surface area contributed by atoms with Gasteiger partial charge in [-0.25, -0.2) is 9.97 Å². The van der Waals surface area contributed by atoms with Gasteiger partial charge in [0.2, 0.25) is 0 Å². The molecule has 15 heavy (non-hydrogen) atoms. The molecule has 0 spiro atoms. The summed E-state index contributed by atoms with van der Waals surface area (Å²) in [6.45, 7) is 4.04. The number of hydrogen-bond acceptors (Lipinski definition) is 2. The lowest BCUT2D eigenvalue weighted by Gasteiger charge is -2.08. The number of aromatic nitrogens is 2. The van der Waals surface area contributed by atoms with Gasteiger partial charge in [-0.05, 0) is 43.2 Å². The Morgan fingerprint density at radius 2 is 1.67 bits per heavy atom. The molecule has 2 rings (SSSR count). The molecule has 2 nitrogen and oxygen atoms in total. The van der Waals surface area contributed by atoms with Crippen LogP contribution in [0.2, 0.25) is 5.02 Å². The second kappa shape index (κ2) is 3.99. The van der Waals surface area contributed by atoms with Crippen LogP contribution in [0.1, 0.15) is 11.1 Å². The molecule has 0 fully saturated rings. The fourth-order valence-electron chi connectivity index (χ4n) is 1.47. The summed E-state index contributed by atoms with van der Waals surface area (Å²) in [5.74, 6) is 0.745. The van der Waals surface area contributed by atoms with Crippen LogP contribution < -0.4 is 0 Å². The van der Waals surface area contributed by atoms with Gasteiger partial charge in [0, 0.05) is 23.0 Å². The molecule has 1 aromatic carbocycles. The summed E-state index contributed by atoms with van der Waals surface area (Å²) in [5.41, 5.74) is 3.26. The van der Waals surface area contributed by atoms with Crippen molar-refractivity contribution in [2.45, 2.75) is 13.8 Å². The van der Waals surface area contributed by atoms with Gasteiger partial charge in [0.05, 0.1) is 0 Å². The van der Waals surface area contributed by atoms with Crippen molar-refractivity contribution in [3.63, 3.8) is 0 Å². The highest BCUT2D eigenvalue weighted by molar-refractivity contribution is 6.31. The van der Waals surface area contributed by atoms with E-state index in [4.69, 9.17) is 11.6 Å². The lowest BCUT2D eigenvalue weighted by atomic mass is 10.0. The van der Waals surface area contributed by atoms with Gasteiger partial charge in [-0.3, -0.25) is 0 Å². The summed E-state index contributed by atoms with van der Waals surface area (Å²) in [7, 11) is 0. The van der Waals surface area contributed by atoms with Gasteiger partial charge in [0.1, 0.15) is 0 Å². The molecule has 76 valence electrons. The zero-order chi connectivity index (χ0) is 10.8. The molecule has 0 aliphatic carbocycles. The first-order valence-electron chi connectivity index (χ1n) is 4.73. The molecule has 0 saturated carbocycles. The fourth-order valence-corrected chi connectivity index (χ4v) is 1.67. The third-order valence-electron chi connectivity index (χ3n) is 2.53. The molecule has 1 aromatic heterocycles. The van der Waals surface area contributed by atoms with Gasteiger partial charge < -0.3 is 0 Å². The number of halogens is 1. The molecule has 0 unspecified atom stereocenters. The molecule has 0 radical (unpaired) electrons. The van der Waals surface area contributed by atoms with E-state index in [1.165, 1.54) is 0 Å². The average molecular weight is 219 g/mol. The Balaban J connectivity index is 2.60. The van der Waals surface area contributed by atoms with Crippen molar-refractivity contribution >= 4 is 11.6 Å². The molecule has 0 saturated heterocycles. The van der Waals surface area contributed by atoms with Crippen LogP contribution in [0.3, 0.4) is 0 Å². The van der Waals surface area contributed by atoms with E-state index in [2.05, 4.69) is 9.97 Å². The Morgan fingerprint density at radius 1 is 1.00 bits per heavy atom. The maximum absolute atomic E-state index is 6.03. The van der Waals surface area contributed by atoms with Crippen molar-refractivity contribution in [2.24, 2.45) is 0 Å². The van der Waals surface area contributed by atoms with Crippen LogP contribution in [0, 0.1) is 13.8 Å². The van der Waals surface area contributed by atoms with Gasteiger partial charge >= 0.3 is 0 Å². The molecular weight excluding hydrogens is 208 g/mol. The van der Waals surface area contributed by atoms with Crippen LogP contribution in [0.15, 0.2) is 30.6 Å². The van der Waals surface area contributed by atoms with E-state index in [0.717, 1.165) is 27.5 Å². The van der Waals surface area contributed by atoms with E-state index in [1.54, 1.807) is 12.4 Å². The summed E-state index contributed by atoms with van der Waals surface area (Å²) < 4.78 is 0. The highest BCUT2D eigenvalue weighted by Gasteiger charge is 2.08. The van der Waals surface area contributed by atoms with E-state index in [0.29, 0.717) is 0 Å². The smallest absolute Gasteiger partial charge is 0.159 e. The Morgan fingerprint density at radius 3 is 2.33 bits per heavy atom. The molecule has 0 amide bonds. The molecule has 0 atom stereocenters. The molecule has 0 aliphatic rings. The summed E-state index contributed by atoms with van der Waals surface area (Å²) in [5, 5.41) is 0.784. The fraction of sp³-hybridized carbons (Fsp3) is 0.167. The van der Waals surface area contributed by atoms with Crippen molar-refractivity contribution in [3.05, 3.63) is 46.7 Å². The monoisotopic (exact) mass is 218 g/mol. The van der Waals surface area contributed by atoms with Gasteiger partial charge in [-0.1, -0.05) is 11.6 Å². The second-order valence-electron chi connectivity index (χ2n) is 3.42. The standard InChI is InChI=1S/C12H11ClN2/c1-8-9(2)11(13)5-4-10(8)12-14-6-3-7-15-12/h3-7H,1-2H3. The van der Waals surface area contributed by atoms with Crippen LogP contribution in [0.4, 0.5) is 0 Å². The molecule has 0 aliphatic heterocycles. The van der Waals surface area contributed by atoms with Gasteiger partial charge in [-0.15, -0.1) is 0 Å². The van der Waals surface area contributed by atoms with Crippen molar-refractivity contribution in [3.8, 4) is 11.4 Å². The number of hydrogen-bond donors (Lipinski definition) is 0. The van der Waals surface area contributed by atoms with Crippen molar-refractivity contribution < 1.29 is 0 Å². The lowest BCUT2D eigenvalue weighted by molar-refractivity contribution is 1.16. The molecule has 0 bridgehead atoms. The Hall–Kier alpha value is -1.41. The largest absolute Gasteiger partial charge is 0.237 e. The highest BCUT2D eigenvalue weighted by Crippen LogP contribution is 2.27. The first-order chi connectivity index (χ1) is 7.20. The molecule has 0 N–H and O–H groups in total. The van der Waals surface area contributed by atoms with E-state index in [-0.39, 0.29) is 0 Å². The Bertz CT molecular complexity index is 480. The molecule has 1 heterocycles. The van der Waals surface area contributed by atoms with Crippen molar-refractivity contribution in [1.82, 2.24) is 9.97 Å². The maximum atomic E-state index is 6.03. The first-order valence-corrected chi connectivity index (χ1v) is 5.11. The van der Waals surface area contributed by atoms with Crippen LogP contribution in [-0.2, 0) is 0 Å². The minimum atomic E-state index is 0.745. The predicted molar refractivity (Wildman–Crippen MR) is 62.0 cm³/mol. The Kier molecular flexibility index (Phi) is 2.69. The highest BCUT2D eigenvalue weighted by atomic mass is 35.5. The van der Waals surface area contributed by atoms with E-state index < -0.39 is 0 Å². The Labute approximate surface area is 94.0 Å². The molecular formula is C12H11ClN2. The summed E-state index contributed by atoms with van der Waals surface area (Å²) in [6, 6.07) is 5.65. The maximum Gasteiger partial charge on any atom is 0.159 e. The molecule has 2 aromatic rings. The van der Waals surface area contributed by atoms with Crippen LogP contribution in [-0.4, -0.2) is 9.97 Å². The van der Waals surface area contributed by atoms with E-state index in [9.17, 15) is 0 Å². The van der Waals surface area contributed by atoms with Crippen molar-refractivity contribution in [2.75, 3.05) is 0 Å². The van der Waals surface area contributed by atoms with Crippen LogP contribution in [0.25, 0.3) is 11.4 Å². The number of nitrogens with zero attached hydrogens (tertiary/aromatic N) is 2. The second-order valence-corrected chi connectivity index (χ2v) is 3.82. The number of rotatable bonds is 1. The molecule has 3 heteroatoms. The zero-order valence-electron chi connectivity index (χ0n) is 8.66.